The molecule has 0 aromatic carbocycles. The van der Waals surface area contributed by atoms with E-state index in [0.29, 0.717) is 24.7 Å². The lowest BCUT2D eigenvalue weighted by molar-refractivity contribution is -0.123. The van der Waals surface area contributed by atoms with Crippen molar-refractivity contribution in [1.29, 1.82) is 0 Å². The summed E-state index contributed by atoms with van der Waals surface area (Å²) >= 11 is 0. The molecule has 0 aromatic heterocycles. The summed E-state index contributed by atoms with van der Waals surface area (Å²) in [6.45, 7) is 14.0. The number of carbonyl (C=O) groups excluding carboxylic acids is 2. The molecule has 8 nitrogen and oxygen atoms in total. The highest BCUT2D eigenvalue weighted by molar-refractivity contribution is 5.76. The van der Waals surface area contributed by atoms with Gasteiger partial charge in [0.15, 0.2) is 0 Å². The second kappa shape index (κ2) is 36.7. The van der Waals surface area contributed by atoms with E-state index in [-0.39, 0.29) is 11.8 Å². The van der Waals surface area contributed by atoms with Crippen LogP contribution in [-0.2, 0) is 9.59 Å². The molecule has 1 heterocycles. The molecule has 1 fully saturated rings. The Kier molecular flexibility index (Phi) is 34.5. The smallest absolute Gasteiger partial charge is 0.220 e. The van der Waals surface area contributed by atoms with Crippen molar-refractivity contribution in [2.75, 3.05) is 65.4 Å². The Morgan fingerprint density at radius 2 is 0.769 bits per heavy atom. The van der Waals surface area contributed by atoms with Crippen LogP contribution in [-0.4, -0.2) is 87.1 Å². The number of piperazine rings is 1. The van der Waals surface area contributed by atoms with Gasteiger partial charge < -0.3 is 31.9 Å². The molecule has 1 aliphatic heterocycles. The highest BCUT2D eigenvalue weighted by Gasteiger charge is 2.18. The second-order valence-electron chi connectivity index (χ2n) is 16.3. The van der Waals surface area contributed by atoms with E-state index >= 15 is 0 Å². The Balaban J connectivity index is 2.12. The van der Waals surface area contributed by atoms with Crippen molar-refractivity contribution in [1.82, 2.24) is 20.4 Å². The number of nitrogens with zero attached hydrogens (tertiary/aromatic N) is 2. The molecule has 0 saturated carbocycles. The number of unbranched alkanes of at least 4 members (excludes halogenated alkanes) is 16. The summed E-state index contributed by atoms with van der Waals surface area (Å²) in [7, 11) is 0. The number of nitrogens with one attached hydrogen (secondary N) is 2. The average Bonchev–Trinajstić information content (AvgIpc) is 3.15. The van der Waals surface area contributed by atoms with Crippen LogP contribution >= 0.6 is 0 Å². The van der Waals surface area contributed by atoms with Gasteiger partial charge in [0.25, 0.3) is 0 Å². The Morgan fingerprint density at radius 1 is 0.462 bits per heavy atom. The molecule has 0 spiro atoms. The molecule has 0 bridgehead atoms. The first-order chi connectivity index (χ1) is 25.5. The number of hydrogen-bond donors (Lipinski definition) is 4. The summed E-state index contributed by atoms with van der Waals surface area (Å²) in [5, 5.41) is 6.43. The van der Waals surface area contributed by atoms with Gasteiger partial charge >= 0.3 is 0 Å². The zero-order valence-corrected chi connectivity index (χ0v) is 34.9. The zero-order valence-electron chi connectivity index (χ0n) is 34.9. The van der Waals surface area contributed by atoms with E-state index in [9.17, 15) is 9.59 Å². The minimum Gasteiger partial charge on any atom is -0.356 e. The molecule has 2 unspecified atom stereocenters. The van der Waals surface area contributed by atoms with Crippen molar-refractivity contribution in [3.8, 4) is 0 Å². The normalized spacial score (nSPS) is 15.2. The van der Waals surface area contributed by atoms with Crippen LogP contribution in [0.1, 0.15) is 194 Å². The van der Waals surface area contributed by atoms with E-state index in [0.717, 1.165) is 117 Å². The van der Waals surface area contributed by atoms with E-state index < -0.39 is 0 Å². The standard InChI is InChI=1S/C44H90N6O2/c1-3-5-7-9-11-13-15-17-19-25-41(27-21-29-45)39-43(51)47-31-23-33-49-35-37-50(38-36-49)34-24-32-48-44(52)40-42(28-22-30-46)26-20-18-16-14-12-10-8-6-4-2/h41-42H,3-40,45-46H2,1-2H3,(H,47,51)(H,48,52). The van der Waals surface area contributed by atoms with Crippen LogP contribution in [0.2, 0.25) is 0 Å². The Labute approximate surface area is 323 Å². The van der Waals surface area contributed by atoms with Gasteiger partial charge in [0, 0.05) is 52.1 Å². The first-order valence-corrected chi connectivity index (χ1v) is 22.9. The van der Waals surface area contributed by atoms with Gasteiger partial charge in [-0.2, -0.15) is 0 Å². The predicted molar refractivity (Wildman–Crippen MR) is 225 cm³/mol. The van der Waals surface area contributed by atoms with E-state index in [2.05, 4.69) is 34.3 Å². The van der Waals surface area contributed by atoms with Crippen LogP contribution in [0.3, 0.4) is 0 Å². The van der Waals surface area contributed by atoms with Gasteiger partial charge in [-0.25, -0.2) is 0 Å². The van der Waals surface area contributed by atoms with Gasteiger partial charge in [0.05, 0.1) is 0 Å². The molecule has 308 valence electrons. The quantitative estimate of drug-likeness (QED) is 0.0471. The van der Waals surface area contributed by atoms with Crippen LogP contribution < -0.4 is 22.1 Å². The predicted octanol–water partition coefficient (Wildman–Crippen LogP) is 8.95. The van der Waals surface area contributed by atoms with Gasteiger partial charge in [-0.15, -0.1) is 0 Å². The third-order valence-corrected chi connectivity index (χ3v) is 11.4. The van der Waals surface area contributed by atoms with Crippen molar-refractivity contribution >= 4 is 11.8 Å². The fraction of sp³-hybridized carbons (Fsp3) is 0.955. The van der Waals surface area contributed by atoms with Gasteiger partial charge in [-0.1, -0.05) is 129 Å². The fourth-order valence-corrected chi connectivity index (χ4v) is 7.96. The van der Waals surface area contributed by atoms with E-state index in [1.165, 1.54) is 116 Å². The molecule has 2 atom stereocenters. The van der Waals surface area contributed by atoms with Crippen LogP contribution in [0.15, 0.2) is 0 Å². The molecule has 2 amide bonds. The number of nitrogens with two attached hydrogens (primary N) is 2. The maximum Gasteiger partial charge on any atom is 0.220 e. The summed E-state index contributed by atoms with van der Waals surface area (Å²) < 4.78 is 0. The molecule has 52 heavy (non-hydrogen) atoms. The Morgan fingerprint density at radius 3 is 1.10 bits per heavy atom. The van der Waals surface area contributed by atoms with Gasteiger partial charge in [-0.05, 0) is 89.4 Å². The third-order valence-electron chi connectivity index (χ3n) is 11.4. The van der Waals surface area contributed by atoms with Crippen molar-refractivity contribution in [2.24, 2.45) is 23.3 Å². The zero-order chi connectivity index (χ0) is 37.7. The Bertz CT molecular complexity index is 727. The van der Waals surface area contributed by atoms with Crippen molar-refractivity contribution in [2.45, 2.75) is 194 Å². The van der Waals surface area contributed by atoms with Crippen LogP contribution in [0.4, 0.5) is 0 Å². The molecular formula is C44H90N6O2. The SMILES string of the molecule is CCCCCCCCCCCC(CCCN)CC(=O)NCCCN1CCN(CCCNC(=O)CC(CCCN)CCCCCCCCCCC)CC1. The molecule has 6 N–H and O–H groups in total. The maximum absolute atomic E-state index is 12.7. The largest absolute Gasteiger partial charge is 0.356 e. The van der Waals surface area contributed by atoms with E-state index in [4.69, 9.17) is 11.5 Å². The Hall–Kier alpha value is -1.22. The minimum atomic E-state index is 0.222. The topological polar surface area (TPSA) is 117 Å². The number of rotatable bonds is 38. The fourth-order valence-electron chi connectivity index (χ4n) is 7.96. The molecule has 0 aromatic rings. The summed E-state index contributed by atoms with van der Waals surface area (Å²) in [4.78, 5) is 30.6. The van der Waals surface area contributed by atoms with Crippen molar-refractivity contribution in [3.63, 3.8) is 0 Å². The number of hydrogen-bond acceptors (Lipinski definition) is 6. The summed E-state index contributed by atoms with van der Waals surface area (Å²) in [5.41, 5.74) is 11.6. The molecule has 8 heteroatoms. The van der Waals surface area contributed by atoms with Gasteiger partial charge in [0.2, 0.25) is 11.8 Å². The molecule has 0 radical (unpaired) electrons. The molecule has 0 aliphatic carbocycles. The average molecular weight is 735 g/mol. The summed E-state index contributed by atoms with van der Waals surface area (Å²) in [6.07, 6.45) is 34.1. The third kappa shape index (κ3) is 30.1. The van der Waals surface area contributed by atoms with Gasteiger partial charge in [0.1, 0.15) is 0 Å². The summed E-state index contributed by atoms with van der Waals surface area (Å²) in [6, 6.07) is 0. The van der Waals surface area contributed by atoms with Crippen molar-refractivity contribution in [3.05, 3.63) is 0 Å². The van der Waals surface area contributed by atoms with Crippen LogP contribution in [0, 0.1) is 11.8 Å². The lowest BCUT2D eigenvalue weighted by atomic mass is 9.92. The molecular weight excluding hydrogens is 645 g/mol. The maximum atomic E-state index is 12.7. The lowest BCUT2D eigenvalue weighted by Gasteiger charge is -2.34. The highest BCUT2D eigenvalue weighted by Crippen LogP contribution is 2.22. The first-order valence-electron chi connectivity index (χ1n) is 22.9. The molecule has 1 saturated heterocycles. The van der Waals surface area contributed by atoms with E-state index in [1.807, 2.05) is 0 Å². The van der Waals surface area contributed by atoms with E-state index in [1.54, 1.807) is 0 Å². The van der Waals surface area contributed by atoms with Gasteiger partial charge in [-0.3, -0.25) is 9.59 Å². The van der Waals surface area contributed by atoms with Crippen LogP contribution in [0.25, 0.3) is 0 Å². The van der Waals surface area contributed by atoms with Crippen molar-refractivity contribution < 1.29 is 9.59 Å². The first kappa shape index (κ1) is 48.8. The second-order valence-corrected chi connectivity index (χ2v) is 16.3. The summed E-state index contributed by atoms with van der Waals surface area (Å²) in [5.74, 6) is 1.39. The highest BCUT2D eigenvalue weighted by atomic mass is 16.2. The monoisotopic (exact) mass is 735 g/mol. The number of carbonyl (C=O) groups is 2. The minimum absolute atomic E-state index is 0.222. The molecule has 1 aliphatic rings. The molecule has 1 rings (SSSR count). The number of amides is 2. The lowest BCUT2D eigenvalue weighted by Crippen LogP contribution is -2.47. The van der Waals surface area contributed by atoms with Crippen LogP contribution in [0.5, 0.6) is 0 Å².